The second kappa shape index (κ2) is 4.59. The monoisotopic (exact) mass is 284 g/mol. The summed E-state index contributed by atoms with van der Waals surface area (Å²) in [6.07, 6.45) is -4.07. The number of fused-ring (bicyclic) bond motifs is 1. The number of nitrogens with two attached hydrogens (primary N) is 2. The second-order valence-electron chi connectivity index (χ2n) is 4.70. The molecule has 0 radical (unpaired) electrons. The van der Waals surface area contributed by atoms with Crippen molar-refractivity contribution in [2.45, 2.75) is 24.5 Å². The molecule has 3 rings (SSSR count). The molecule has 1 unspecified atom stereocenters. The van der Waals surface area contributed by atoms with Gasteiger partial charge in [-0.1, -0.05) is 0 Å². The smallest absolute Gasteiger partial charge is 0.224 e. The van der Waals surface area contributed by atoms with E-state index in [0.29, 0.717) is 11.5 Å². The molecule has 4 atom stereocenters. The fraction of sp³-hybridized carbons (Fsp3) is 0.600. The summed E-state index contributed by atoms with van der Waals surface area (Å²) in [6.45, 7) is -0.124. The van der Waals surface area contributed by atoms with E-state index in [0.717, 1.165) is 0 Å². The zero-order chi connectivity index (χ0) is 14.4. The van der Waals surface area contributed by atoms with Crippen LogP contribution in [0.1, 0.15) is 0 Å². The van der Waals surface area contributed by atoms with Crippen molar-refractivity contribution < 1.29 is 20.1 Å². The van der Waals surface area contributed by atoms with Gasteiger partial charge in [0.25, 0.3) is 0 Å². The summed E-state index contributed by atoms with van der Waals surface area (Å²) >= 11 is 0. The number of anilines is 4. The Morgan fingerprint density at radius 3 is 2.70 bits per heavy atom. The lowest BCUT2D eigenvalue weighted by molar-refractivity contribution is -0.0219. The van der Waals surface area contributed by atoms with Crippen LogP contribution in [-0.2, 0) is 4.74 Å². The number of nitrogens with zero attached hydrogens (tertiary/aromatic N) is 3. The SMILES string of the molecule is Nc1nc(N)c2c(n1)N([C@@H]1O[C@H](CO)[C@H](O)C1O)CN2. The number of aromatic nitrogens is 2. The first-order valence-electron chi connectivity index (χ1n) is 6.09. The van der Waals surface area contributed by atoms with Crippen LogP contribution in [0.2, 0.25) is 0 Å². The van der Waals surface area contributed by atoms with Gasteiger partial charge in [0, 0.05) is 0 Å². The standard InChI is InChI=1S/C10H16N6O4/c11-7-4-8(15-10(12)14-7)16(2-13-4)9-6(19)5(18)3(1-17)20-9/h3,5-6,9,13,17-19H,1-2H2,(H4,11,12,14,15)/t3-,5+,6?,9-/m1/s1. The summed E-state index contributed by atoms with van der Waals surface area (Å²) < 4.78 is 5.45. The van der Waals surface area contributed by atoms with Crippen LogP contribution in [0.4, 0.5) is 23.3 Å². The van der Waals surface area contributed by atoms with Crippen molar-refractivity contribution in [3.8, 4) is 0 Å². The van der Waals surface area contributed by atoms with Gasteiger partial charge in [-0.2, -0.15) is 9.97 Å². The Kier molecular flexibility index (Phi) is 3.01. The van der Waals surface area contributed by atoms with E-state index in [4.69, 9.17) is 21.3 Å². The Balaban J connectivity index is 1.92. The number of aliphatic hydroxyl groups is 3. The predicted molar refractivity (Wildman–Crippen MR) is 69.6 cm³/mol. The van der Waals surface area contributed by atoms with E-state index in [1.54, 1.807) is 4.90 Å². The van der Waals surface area contributed by atoms with Crippen LogP contribution in [-0.4, -0.2) is 63.1 Å². The third-order valence-electron chi connectivity index (χ3n) is 3.46. The van der Waals surface area contributed by atoms with Crippen molar-refractivity contribution in [1.29, 1.82) is 0 Å². The lowest BCUT2D eigenvalue weighted by Gasteiger charge is -2.26. The van der Waals surface area contributed by atoms with Gasteiger partial charge in [0.1, 0.15) is 24.0 Å². The van der Waals surface area contributed by atoms with E-state index < -0.39 is 31.1 Å². The van der Waals surface area contributed by atoms with Crippen LogP contribution in [0.25, 0.3) is 0 Å². The molecule has 1 saturated heterocycles. The second-order valence-corrected chi connectivity index (χ2v) is 4.70. The van der Waals surface area contributed by atoms with E-state index in [2.05, 4.69) is 15.3 Å². The lowest BCUT2D eigenvalue weighted by Crippen LogP contribution is -2.44. The molecule has 0 saturated carbocycles. The normalized spacial score (nSPS) is 32.2. The minimum absolute atomic E-state index is 0.00157. The summed E-state index contributed by atoms with van der Waals surface area (Å²) in [4.78, 5) is 9.48. The number of aliphatic hydroxyl groups excluding tert-OH is 3. The van der Waals surface area contributed by atoms with Gasteiger partial charge in [-0.15, -0.1) is 0 Å². The average Bonchev–Trinajstić information content (AvgIpc) is 2.93. The van der Waals surface area contributed by atoms with Gasteiger partial charge in [-0.25, -0.2) is 0 Å². The maximum atomic E-state index is 10.0. The van der Waals surface area contributed by atoms with Gasteiger partial charge in [-0.3, -0.25) is 0 Å². The molecule has 1 aromatic heterocycles. The van der Waals surface area contributed by atoms with Gasteiger partial charge in [0.15, 0.2) is 17.9 Å². The third-order valence-corrected chi connectivity index (χ3v) is 3.46. The maximum absolute atomic E-state index is 10.0. The maximum Gasteiger partial charge on any atom is 0.224 e. The molecular weight excluding hydrogens is 268 g/mol. The highest BCUT2D eigenvalue weighted by molar-refractivity contribution is 5.81. The number of nitrogens with one attached hydrogen (secondary N) is 1. The number of hydrogen-bond donors (Lipinski definition) is 6. The number of ether oxygens (including phenoxy) is 1. The number of rotatable bonds is 2. The Labute approximate surface area is 114 Å². The molecule has 3 heterocycles. The zero-order valence-electron chi connectivity index (χ0n) is 10.5. The molecule has 0 spiro atoms. The minimum Gasteiger partial charge on any atom is -0.394 e. The van der Waals surface area contributed by atoms with Crippen molar-refractivity contribution in [3.05, 3.63) is 0 Å². The molecule has 110 valence electrons. The molecule has 10 nitrogen and oxygen atoms in total. The summed E-state index contributed by atoms with van der Waals surface area (Å²) in [6, 6.07) is 0. The number of nitrogen functional groups attached to an aromatic ring is 2. The molecule has 0 amide bonds. The van der Waals surface area contributed by atoms with E-state index in [1.807, 2.05) is 0 Å². The first-order valence-corrected chi connectivity index (χ1v) is 6.09. The van der Waals surface area contributed by atoms with Gasteiger partial charge in [-0.05, 0) is 0 Å². The predicted octanol–water partition coefficient (Wildman–Crippen LogP) is -2.73. The van der Waals surface area contributed by atoms with Crippen LogP contribution in [0.15, 0.2) is 0 Å². The molecule has 2 aliphatic heterocycles. The quantitative estimate of drug-likeness (QED) is 0.336. The van der Waals surface area contributed by atoms with Crippen molar-refractivity contribution in [2.24, 2.45) is 0 Å². The van der Waals surface area contributed by atoms with Crippen molar-refractivity contribution in [3.63, 3.8) is 0 Å². The highest BCUT2D eigenvalue weighted by Gasteiger charge is 2.47. The zero-order valence-corrected chi connectivity index (χ0v) is 10.5. The van der Waals surface area contributed by atoms with Crippen LogP contribution in [0.3, 0.4) is 0 Å². The topological polar surface area (TPSA) is 163 Å². The van der Waals surface area contributed by atoms with Crippen LogP contribution >= 0.6 is 0 Å². The molecule has 0 bridgehead atoms. The molecule has 10 heteroatoms. The van der Waals surface area contributed by atoms with Crippen molar-refractivity contribution in [2.75, 3.05) is 35.0 Å². The largest absolute Gasteiger partial charge is 0.394 e. The van der Waals surface area contributed by atoms with E-state index >= 15 is 0 Å². The average molecular weight is 284 g/mol. The van der Waals surface area contributed by atoms with Gasteiger partial charge in [0.05, 0.1) is 13.3 Å². The van der Waals surface area contributed by atoms with E-state index in [1.165, 1.54) is 0 Å². The highest BCUT2D eigenvalue weighted by Crippen LogP contribution is 2.38. The summed E-state index contributed by atoms with van der Waals surface area (Å²) in [5, 5.41) is 31.9. The summed E-state index contributed by atoms with van der Waals surface area (Å²) in [5.41, 5.74) is 11.8. The molecule has 8 N–H and O–H groups in total. The molecule has 1 fully saturated rings. The van der Waals surface area contributed by atoms with E-state index in [-0.39, 0.29) is 18.4 Å². The third kappa shape index (κ3) is 1.81. The van der Waals surface area contributed by atoms with Crippen LogP contribution in [0, 0.1) is 0 Å². The Bertz CT molecular complexity index is 529. The minimum atomic E-state index is -1.18. The fourth-order valence-corrected chi connectivity index (χ4v) is 2.45. The Morgan fingerprint density at radius 1 is 1.30 bits per heavy atom. The molecule has 0 aromatic carbocycles. The first kappa shape index (κ1) is 13.1. The summed E-state index contributed by atoms with van der Waals surface area (Å²) in [5.74, 6) is 0.591. The van der Waals surface area contributed by atoms with Gasteiger partial charge >= 0.3 is 0 Å². The molecule has 2 aliphatic rings. The van der Waals surface area contributed by atoms with Crippen LogP contribution < -0.4 is 21.7 Å². The van der Waals surface area contributed by atoms with Crippen molar-refractivity contribution >= 4 is 23.3 Å². The fourth-order valence-electron chi connectivity index (χ4n) is 2.45. The Morgan fingerprint density at radius 2 is 2.05 bits per heavy atom. The van der Waals surface area contributed by atoms with Crippen molar-refractivity contribution in [1.82, 2.24) is 9.97 Å². The highest BCUT2D eigenvalue weighted by atomic mass is 16.6. The number of hydrogen-bond acceptors (Lipinski definition) is 10. The Hall–Kier alpha value is -1.88. The van der Waals surface area contributed by atoms with Gasteiger partial charge in [0.2, 0.25) is 5.95 Å². The molecule has 0 aliphatic carbocycles. The van der Waals surface area contributed by atoms with Crippen LogP contribution in [0.5, 0.6) is 0 Å². The first-order chi connectivity index (χ1) is 9.52. The molecular formula is C10H16N6O4. The molecule has 1 aromatic rings. The van der Waals surface area contributed by atoms with E-state index in [9.17, 15) is 10.2 Å². The lowest BCUT2D eigenvalue weighted by atomic mass is 10.1. The summed E-state index contributed by atoms with van der Waals surface area (Å²) in [7, 11) is 0. The van der Waals surface area contributed by atoms with Gasteiger partial charge < -0.3 is 41.7 Å². The molecule has 20 heavy (non-hydrogen) atoms.